The number of fused-ring (bicyclic) bond motifs is 1. The quantitative estimate of drug-likeness (QED) is 0.742. The average molecular weight is 336 g/mol. The van der Waals surface area contributed by atoms with E-state index in [1.807, 2.05) is 31.4 Å². The second-order valence-corrected chi connectivity index (χ2v) is 7.10. The van der Waals surface area contributed by atoms with Crippen molar-refractivity contribution in [3.63, 3.8) is 0 Å². The van der Waals surface area contributed by atoms with Crippen LogP contribution in [0.3, 0.4) is 0 Å². The smallest absolute Gasteiger partial charge is 0.161 e. The number of aryl methyl sites for hydroxylation is 1. The fourth-order valence-electron chi connectivity index (χ4n) is 3.78. The molecule has 4 rings (SSSR count). The summed E-state index contributed by atoms with van der Waals surface area (Å²) in [5.74, 6) is 1.66. The van der Waals surface area contributed by atoms with Gasteiger partial charge in [0.15, 0.2) is 5.78 Å². The predicted molar refractivity (Wildman–Crippen MR) is 98.8 cm³/mol. The molecule has 0 amide bonds. The van der Waals surface area contributed by atoms with Crippen LogP contribution in [0.2, 0.25) is 0 Å². The normalized spacial score (nSPS) is 18.7. The second kappa shape index (κ2) is 6.48. The van der Waals surface area contributed by atoms with Gasteiger partial charge in [-0.3, -0.25) is 9.69 Å². The maximum atomic E-state index is 11.6. The molecule has 0 unspecified atom stereocenters. The van der Waals surface area contributed by atoms with Crippen LogP contribution in [0.4, 0.5) is 0 Å². The maximum Gasteiger partial charge on any atom is 0.161 e. The molecule has 25 heavy (non-hydrogen) atoms. The van der Waals surface area contributed by atoms with E-state index >= 15 is 0 Å². The lowest BCUT2D eigenvalue weighted by Crippen LogP contribution is -2.34. The number of benzene rings is 1. The summed E-state index contributed by atoms with van der Waals surface area (Å²) >= 11 is 0. The average Bonchev–Trinajstić information content (AvgIpc) is 3.19. The number of carbonyl (C=O) groups excluding carboxylic acids is 1. The number of likely N-dealkylation sites (tertiary alicyclic amines) is 1. The number of nitrogens with zero attached hydrogens (tertiary/aromatic N) is 3. The molecule has 2 aromatic heterocycles. The Balaban J connectivity index is 1.50. The molecule has 1 fully saturated rings. The SMILES string of the molecule is CC(=O)c1cc(CN2CCC[C@H](c3nc4ccccc4[nH]3)C2)n(C)c1. The summed E-state index contributed by atoms with van der Waals surface area (Å²) in [5, 5.41) is 0. The Labute approximate surface area is 147 Å². The highest BCUT2D eigenvalue weighted by atomic mass is 16.1. The summed E-state index contributed by atoms with van der Waals surface area (Å²) in [6.45, 7) is 4.59. The zero-order valence-corrected chi connectivity index (χ0v) is 14.8. The molecule has 130 valence electrons. The monoisotopic (exact) mass is 336 g/mol. The van der Waals surface area contributed by atoms with E-state index in [0.29, 0.717) is 5.92 Å². The van der Waals surface area contributed by atoms with Crippen LogP contribution in [0.25, 0.3) is 11.0 Å². The summed E-state index contributed by atoms with van der Waals surface area (Å²) in [5.41, 5.74) is 4.14. The highest BCUT2D eigenvalue weighted by Crippen LogP contribution is 2.27. The Morgan fingerprint density at radius 1 is 1.36 bits per heavy atom. The summed E-state index contributed by atoms with van der Waals surface area (Å²) in [4.78, 5) is 22.3. The summed E-state index contributed by atoms with van der Waals surface area (Å²) in [6, 6.07) is 10.2. The molecule has 0 radical (unpaired) electrons. The number of hydrogen-bond acceptors (Lipinski definition) is 3. The predicted octanol–water partition coefficient (Wildman–Crippen LogP) is 3.48. The van der Waals surface area contributed by atoms with Crippen molar-refractivity contribution in [2.24, 2.45) is 7.05 Å². The van der Waals surface area contributed by atoms with Crippen LogP contribution in [-0.4, -0.2) is 38.3 Å². The Hall–Kier alpha value is -2.40. The fourth-order valence-corrected chi connectivity index (χ4v) is 3.78. The Morgan fingerprint density at radius 3 is 2.96 bits per heavy atom. The largest absolute Gasteiger partial charge is 0.353 e. The Kier molecular flexibility index (Phi) is 4.17. The zero-order valence-electron chi connectivity index (χ0n) is 14.8. The summed E-state index contributed by atoms with van der Waals surface area (Å²) in [7, 11) is 2.02. The number of aromatic amines is 1. The molecule has 5 nitrogen and oxygen atoms in total. The number of Topliss-reactive ketones (excluding diaryl/α,β-unsaturated/α-hetero) is 1. The lowest BCUT2D eigenvalue weighted by atomic mass is 9.97. The first-order valence-electron chi connectivity index (χ1n) is 8.93. The third-order valence-electron chi connectivity index (χ3n) is 5.20. The van der Waals surface area contributed by atoms with Crippen molar-refractivity contribution in [1.29, 1.82) is 0 Å². The lowest BCUT2D eigenvalue weighted by Gasteiger charge is -2.31. The van der Waals surface area contributed by atoms with Crippen LogP contribution < -0.4 is 0 Å². The van der Waals surface area contributed by atoms with Crippen LogP contribution in [0.1, 0.15) is 47.6 Å². The molecule has 0 bridgehead atoms. The van der Waals surface area contributed by atoms with Crippen LogP contribution in [0, 0.1) is 0 Å². The van der Waals surface area contributed by atoms with Gasteiger partial charge in [-0.2, -0.15) is 0 Å². The fraction of sp³-hybridized carbons (Fsp3) is 0.400. The van der Waals surface area contributed by atoms with Gasteiger partial charge in [0.25, 0.3) is 0 Å². The van der Waals surface area contributed by atoms with Crippen molar-refractivity contribution in [3.8, 4) is 0 Å². The number of carbonyl (C=O) groups is 1. The van der Waals surface area contributed by atoms with Gasteiger partial charge in [0.05, 0.1) is 11.0 Å². The third kappa shape index (κ3) is 3.24. The van der Waals surface area contributed by atoms with Crippen molar-refractivity contribution in [2.45, 2.75) is 32.2 Å². The molecule has 1 atom stereocenters. The van der Waals surface area contributed by atoms with E-state index in [-0.39, 0.29) is 5.78 Å². The van der Waals surface area contributed by atoms with Gasteiger partial charge in [-0.05, 0) is 44.5 Å². The van der Waals surface area contributed by atoms with Crippen molar-refractivity contribution in [2.75, 3.05) is 13.1 Å². The number of piperidine rings is 1. The highest BCUT2D eigenvalue weighted by Gasteiger charge is 2.24. The molecule has 1 aliphatic rings. The first-order chi connectivity index (χ1) is 12.1. The van der Waals surface area contributed by atoms with Gasteiger partial charge in [0.2, 0.25) is 0 Å². The van der Waals surface area contributed by atoms with E-state index < -0.39 is 0 Å². The van der Waals surface area contributed by atoms with E-state index in [1.54, 1.807) is 6.92 Å². The van der Waals surface area contributed by atoms with Gasteiger partial charge in [0, 0.05) is 43.5 Å². The van der Waals surface area contributed by atoms with Crippen LogP contribution in [0.5, 0.6) is 0 Å². The number of hydrogen-bond donors (Lipinski definition) is 1. The van der Waals surface area contributed by atoms with Crippen LogP contribution in [0.15, 0.2) is 36.5 Å². The number of aromatic nitrogens is 3. The van der Waals surface area contributed by atoms with Gasteiger partial charge < -0.3 is 9.55 Å². The minimum absolute atomic E-state index is 0.126. The van der Waals surface area contributed by atoms with Gasteiger partial charge in [-0.15, -0.1) is 0 Å². The van der Waals surface area contributed by atoms with E-state index in [4.69, 9.17) is 4.98 Å². The number of imidazole rings is 1. The molecule has 5 heteroatoms. The lowest BCUT2D eigenvalue weighted by molar-refractivity contribution is 0.101. The minimum Gasteiger partial charge on any atom is -0.353 e. The molecule has 1 aromatic carbocycles. The van der Waals surface area contributed by atoms with Gasteiger partial charge in [-0.1, -0.05) is 12.1 Å². The number of ketones is 1. The standard InChI is InChI=1S/C20H24N4O/c1-14(25)16-10-17(23(2)11-16)13-24-9-5-6-15(12-24)20-21-18-7-3-4-8-19(18)22-20/h3-4,7-8,10-11,15H,5-6,9,12-13H2,1-2H3,(H,21,22)/t15-/m0/s1. The topological polar surface area (TPSA) is 53.9 Å². The molecule has 1 saturated heterocycles. The molecule has 0 saturated carbocycles. The van der Waals surface area contributed by atoms with Crippen molar-refractivity contribution >= 4 is 16.8 Å². The van der Waals surface area contributed by atoms with E-state index in [9.17, 15) is 4.79 Å². The summed E-state index contributed by atoms with van der Waals surface area (Å²) in [6.07, 6.45) is 4.27. The van der Waals surface area contributed by atoms with Gasteiger partial charge in [0.1, 0.15) is 5.82 Å². The van der Waals surface area contributed by atoms with Crippen molar-refractivity contribution in [1.82, 2.24) is 19.4 Å². The maximum absolute atomic E-state index is 11.6. The third-order valence-corrected chi connectivity index (χ3v) is 5.20. The number of para-hydroxylation sites is 2. The van der Waals surface area contributed by atoms with Gasteiger partial charge >= 0.3 is 0 Å². The molecule has 0 spiro atoms. The second-order valence-electron chi connectivity index (χ2n) is 7.10. The molecular formula is C20H24N4O. The highest BCUT2D eigenvalue weighted by molar-refractivity contribution is 5.94. The number of rotatable bonds is 4. The Morgan fingerprint density at radius 2 is 2.20 bits per heavy atom. The zero-order chi connectivity index (χ0) is 17.4. The minimum atomic E-state index is 0.126. The van der Waals surface area contributed by atoms with Crippen LogP contribution in [-0.2, 0) is 13.6 Å². The molecular weight excluding hydrogens is 312 g/mol. The molecule has 3 aromatic rings. The van der Waals surface area contributed by atoms with Crippen molar-refractivity contribution < 1.29 is 4.79 Å². The Bertz CT molecular complexity index is 874. The van der Waals surface area contributed by atoms with Gasteiger partial charge in [-0.25, -0.2) is 4.98 Å². The molecule has 1 N–H and O–H groups in total. The summed E-state index contributed by atoms with van der Waals surface area (Å²) < 4.78 is 2.07. The molecule has 1 aliphatic heterocycles. The van der Waals surface area contributed by atoms with Crippen molar-refractivity contribution in [3.05, 3.63) is 53.6 Å². The van der Waals surface area contributed by atoms with E-state index in [0.717, 1.165) is 42.1 Å². The molecule has 3 heterocycles. The number of nitrogens with one attached hydrogen (secondary N) is 1. The number of H-pyrrole nitrogens is 1. The molecule has 0 aliphatic carbocycles. The van der Waals surface area contributed by atoms with E-state index in [1.165, 1.54) is 18.5 Å². The first kappa shape index (κ1) is 16.1. The van der Waals surface area contributed by atoms with E-state index in [2.05, 4.69) is 26.6 Å². The first-order valence-corrected chi connectivity index (χ1v) is 8.93. The van der Waals surface area contributed by atoms with Crippen LogP contribution >= 0.6 is 0 Å².